The molecule has 2 N–H and O–H groups in total. The Hall–Kier alpha value is -3.18. The van der Waals surface area contributed by atoms with E-state index in [1.54, 1.807) is 0 Å². The molecular weight excluding hydrogens is 341 g/mol. The van der Waals surface area contributed by atoms with E-state index < -0.39 is 22.9 Å². The van der Waals surface area contributed by atoms with Crippen molar-refractivity contribution in [3.05, 3.63) is 52.4 Å². The summed E-state index contributed by atoms with van der Waals surface area (Å²) in [7, 11) is 1.40. The van der Waals surface area contributed by atoms with Crippen LogP contribution in [0.4, 0.5) is 10.1 Å². The van der Waals surface area contributed by atoms with E-state index in [2.05, 4.69) is 0 Å². The predicted molar refractivity (Wildman–Crippen MR) is 88.7 cm³/mol. The van der Waals surface area contributed by atoms with E-state index in [0.29, 0.717) is 5.69 Å². The molecule has 0 unspecified atom stereocenters. The fourth-order valence-electron chi connectivity index (χ4n) is 3.70. The maximum absolute atomic E-state index is 14.1. The second-order valence-electron chi connectivity index (χ2n) is 6.00. The number of ketones is 1. The summed E-state index contributed by atoms with van der Waals surface area (Å²) in [5.74, 6) is -1.91. The molecular formula is C18H16FN3O4. The summed E-state index contributed by atoms with van der Waals surface area (Å²) in [6.07, 6.45) is 0. The Balaban J connectivity index is 2.48. The van der Waals surface area contributed by atoms with Crippen LogP contribution in [0.2, 0.25) is 0 Å². The van der Waals surface area contributed by atoms with E-state index in [0.717, 1.165) is 6.07 Å². The standard InChI is InChI=1S/C18H16FN3O4/c1-9(23)15-10(2)26-16(21)13(7-20)18(15)12-6-11(19)4-5-14(12)22(8-25-3)17(18)24/h4-6H,8,21H2,1-3H3/t18-/m1/s1. The second kappa shape index (κ2) is 5.97. The molecule has 1 atom stereocenters. The zero-order chi connectivity index (χ0) is 19.2. The van der Waals surface area contributed by atoms with Crippen LogP contribution in [0.1, 0.15) is 19.4 Å². The first-order valence-electron chi connectivity index (χ1n) is 7.72. The normalized spacial score (nSPS) is 21.8. The number of ether oxygens (including phenoxy) is 2. The SMILES string of the molecule is COCN1C(=O)[C@@]2(C(C#N)=C(N)OC(C)=C2C(C)=O)c2cc(F)ccc21. The van der Waals surface area contributed by atoms with Gasteiger partial charge in [-0.15, -0.1) is 0 Å². The van der Waals surface area contributed by atoms with Crippen LogP contribution >= 0.6 is 0 Å². The summed E-state index contributed by atoms with van der Waals surface area (Å²) in [4.78, 5) is 27.1. The molecule has 134 valence electrons. The van der Waals surface area contributed by atoms with Crippen LogP contribution < -0.4 is 10.6 Å². The van der Waals surface area contributed by atoms with Crippen LogP contribution in [0.5, 0.6) is 0 Å². The van der Waals surface area contributed by atoms with Crippen molar-refractivity contribution in [2.45, 2.75) is 19.3 Å². The maximum Gasteiger partial charge on any atom is 0.249 e. The van der Waals surface area contributed by atoms with Gasteiger partial charge in [-0.25, -0.2) is 4.39 Å². The van der Waals surface area contributed by atoms with Gasteiger partial charge in [0.15, 0.2) is 5.78 Å². The third-order valence-corrected chi connectivity index (χ3v) is 4.55. The molecule has 0 fully saturated rings. The molecule has 26 heavy (non-hydrogen) atoms. The molecule has 1 amide bonds. The monoisotopic (exact) mass is 357 g/mol. The molecule has 0 aromatic heterocycles. The van der Waals surface area contributed by atoms with E-state index in [9.17, 15) is 19.2 Å². The first-order valence-corrected chi connectivity index (χ1v) is 7.72. The summed E-state index contributed by atoms with van der Waals surface area (Å²) in [5, 5.41) is 9.70. The third kappa shape index (κ3) is 2.07. The minimum Gasteiger partial charge on any atom is -0.445 e. The summed E-state index contributed by atoms with van der Waals surface area (Å²) in [6, 6.07) is 5.61. The van der Waals surface area contributed by atoms with Gasteiger partial charge in [0, 0.05) is 12.7 Å². The number of rotatable bonds is 3. The highest BCUT2D eigenvalue weighted by atomic mass is 19.1. The molecule has 8 heteroatoms. The lowest BCUT2D eigenvalue weighted by atomic mass is 9.67. The summed E-state index contributed by atoms with van der Waals surface area (Å²) >= 11 is 0. The van der Waals surface area contributed by atoms with E-state index in [1.165, 1.54) is 38.0 Å². The minimum atomic E-state index is -1.86. The van der Waals surface area contributed by atoms with E-state index in [-0.39, 0.29) is 35.1 Å². The molecule has 7 nitrogen and oxygen atoms in total. The number of fused-ring (bicyclic) bond motifs is 2. The fourth-order valence-corrected chi connectivity index (χ4v) is 3.70. The largest absolute Gasteiger partial charge is 0.445 e. The lowest BCUT2D eigenvalue weighted by Crippen LogP contribution is -2.48. The number of carbonyl (C=O) groups is 2. The Morgan fingerprint density at radius 1 is 1.50 bits per heavy atom. The van der Waals surface area contributed by atoms with Gasteiger partial charge in [-0.2, -0.15) is 5.26 Å². The molecule has 0 radical (unpaired) electrons. The molecule has 2 heterocycles. The van der Waals surface area contributed by atoms with Crippen molar-refractivity contribution in [3.8, 4) is 6.07 Å². The number of nitrogens with two attached hydrogens (primary N) is 1. The predicted octanol–water partition coefficient (Wildman–Crippen LogP) is 1.60. The Bertz CT molecular complexity index is 944. The van der Waals surface area contributed by atoms with Crippen LogP contribution in [-0.4, -0.2) is 25.5 Å². The third-order valence-electron chi connectivity index (χ3n) is 4.55. The van der Waals surface area contributed by atoms with Gasteiger partial charge in [0.2, 0.25) is 11.8 Å². The quantitative estimate of drug-likeness (QED) is 0.881. The number of anilines is 1. The van der Waals surface area contributed by atoms with Crippen molar-refractivity contribution >= 4 is 17.4 Å². The van der Waals surface area contributed by atoms with Crippen molar-refractivity contribution in [3.63, 3.8) is 0 Å². The minimum absolute atomic E-state index is 0.0429. The number of nitriles is 1. The van der Waals surface area contributed by atoms with Crippen molar-refractivity contribution in [2.75, 3.05) is 18.7 Å². The van der Waals surface area contributed by atoms with Crippen LogP contribution in [0.3, 0.4) is 0 Å². The zero-order valence-electron chi connectivity index (χ0n) is 14.4. The van der Waals surface area contributed by atoms with E-state index in [4.69, 9.17) is 15.2 Å². The first-order chi connectivity index (χ1) is 12.3. The highest BCUT2D eigenvalue weighted by molar-refractivity contribution is 6.19. The highest BCUT2D eigenvalue weighted by Crippen LogP contribution is 2.54. The van der Waals surface area contributed by atoms with Gasteiger partial charge in [-0.05, 0) is 32.0 Å². The van der Waals surface area contributed by atoms with Crippen molar-refractivity contribution in [2.24, 2.45) is 5.73 Å². The van der Waals surface area contributed by atoms with Crippen molar-refractivity contribution < 1.29 is 23.5 Å². The molecule has 0 saturated carbocycles. The number of benzene rings is 1. The van der Waals surface area contributed by atoms with Gasteiger partial charge in [-0.1, -0.05) is 0 Å². The number of allylic oxidation sites excluding steroid dienone is 1. The molecule has 3 rings (SSSR count). The lowest BCUT2D eigenvalue weighted by molar-refractivity contribution is -0.124. The fraction of sp³-hybridized carbons (Fsp3) is 0.278. The van der Waals surface area contributed by atoms with Crippen LogP contribution in [-0.2, 0) is 24.5 Å². The average Bonchev–Trinajstić information content (AvgIpc) is 2.78. The van der Waals surface area contributed by atoms with Gasteiger partial charge in [0.25, 0.3) is 0 Å². The number of hydrogen-bond donors (Lipinski definition) is 1. The summed E-state index contributed by atoms with van der Waals surface area (Å²) in [5.41, 5.74) is 4.22. The molecule has 2 aliphatic rings. The number of carbonyl (C=O) groups excluding carboxylic acids is 2. The van der Waals surface area contributed by atoms with E-state index in [1.807, 2.05) is 6.07 Å². The zero-order valence-corrected chi connectivity index (χ0v) is 14.4. The van der Waals surface area contributed by atoms with Gasteiger partial charge < -0.3 is 15.2 Å². The van der Waals surface area contributed by atoms with Gasteiger partial charge >= 0.3 is 0 Å². The van der Waals surface area contributed by atoms with Crippen LogP contribution in [0.15, 0.2) is 41.0 Å². The highest BCUT2D eigenvalue weighted by Gasteiger charge is 2.61. The molecule has 0 aliphatic carbocycles. The summed E-state index contributed by atoms with van der Waals surface area (Å²) < 4.78 is 24.5. The number of nitrogens with zero attached hydrogens (tertiary/aromatic N) is 2. The Kier molecular flexibility index (Phi) is 4.05. The molecule has 1 aromatic carbocycles. The Morgan fingerprint density at radius 2 is 2.19 bits per heavy atom. The van der Waals surface area contributed by atoms with Crippen LogP contribution in [0, 0.1) is 17.1 Å². The smallest absolute Gasteiger partial charge is 0.249 e. The first kappa shape index (κ1) is 17.6. The molecule has 2 aliphatic heterocycles. The number of Topliss-reactive ketones (excluding diaryl/α,β-unsaturated/α-hetero) is 1. The Morgan fingerprint density at radius 3 is 2.77 bits per heavy atom. The van der Waals surface area contributed by atoms with E-state index >= 15 is 0 Å². The second-order valence-corrected chi connectivity index (χ2v) is 6.00. The Labute approximate surface area is 149 Å². The maximum atomic E-state index is 14.1. The topological polar surface area (TPSA) is 106 Å². The number of amides is 1. The molecule has 1 spiro atoms. The molecule has 0 saturated heterocycles. The van der Waals surface area contributed by atoms with Gasteiger partial charge in [-0.3, -0.25) is 14.5 Å². The lowest BCUT2D eigenvalue weighted by Gasteiger charge is -2.34. The van der Waals surface area contributed by atoms with Crippen LogP contribution in [0.25, 0.3) is 0 Å². The van der Waals surface area contributed by atoms with Gasteiger partial charge in [0.05, 0.1) is 11.3 Å². The number of hydrogen-bond acceptors (Lipinski definition) is 6. The van der Waals surface area contributed by atoms with Crippen molar-refractivity contribution in [1.29, 1.82) is 5.26 Å². The molecule has 1 aromatic rings. The summed E-state index contributed by atoms with van der Waals surface area (Å²) in [6.45, 7) is 2.60. The molecule has 0 bridgehead atoms. The number of methoxy groups -OCH3 is 1. The van der Waals surface area contributed by atoms with Gasteiger partial charge in [0.1, 0.15) is 35.4 Å². The average molecular weight is 357 g/mol. The number of halogens is 1. The van der Waals surface area contributed by atoms with Crippen molar-refractivity contribution in [1.82, 2.24) is 0 Å².